The van der Waals surface area contributed by atoms with Crippen molar-refractivity contribution in [1.82, 2.24) is 10.1 Å². The maximum absolute atomic E-state index is 11.3. The zero-order valence-electron chi connectivity index (χ0n) is 8.28. The number of anilines is 1. The topological polar surface area (TPSA) is 94.0 Å². The van der Waals surface area contributed by atoms with Crippen molar-refractivity contribution in [3.8, 4) is 0 Å². The highest BCUT2D eigenvalue weighted by Crippen LogP contribution is 2.03. The predicted octanol–water partition coefficient (Wildman–Crippen LogP) is 0.444. The van der Waals surface area contributed by atoms with Crippen LogP contribution in [0.1, 0.15) is 25.6 Å². The summed E-state index contributed by atoms with van der Waals surface area (Å²) < 4.78 is 4.71. The first-order valence-electron chi connectivity index (χ1n) is 4.50. The summed E-state index contributed by atoms with van der Waals surface area (Å²) in [5.41, 5.74) is 5.58. The van der Waals surface area contributed by atoms with Gasteiger partial charge in [-0.2, -0.15) is 4.98 Å². The van der Waals surface area contributed by atoms with Crippen LogP contribution in [0.4, 0.5) is 6.01 Å². The summed E-state index contributed by atoms with van der Waals surface area (Å²) >= 11 is 0. The Hall–Kier alpha value is -1.43. The molecule has 3 N–H and O–H groups in total. The summed E-state index contributed by atoms with van der Waals surface area (Å²) in [6.45, 7) is 3.63. The van der Waals surface area contributed by atoms with Gasteiger partial charge in [0.15, 0.2) is 5.82 Å². The molecule has 0 bridgehead atoms. The first kappa shape index (κ1) is 10.6. The lowest BCUT2D eigenvalue weighted by molar-refractivity contribution is -0.117. The SMILES string of the molecule is CCC[C@H](N)C(=O)Nc1nc(C)no1. The van der Waals surface area contributed by atoms with Gasteiger partial charge in [-0.15, -0.1) is 0 Å². The van der Waals surface area contributed by atoms with Gasteiger partial charge in [-0.3, -0.25) is 10.1 Å². The minimum Gasteiger partial charge on any atom is -0.320 e. The van der Waals surface area contributed by atoms with Crippen LogP contribution in [-0.2, 0) is 4.79 Å². The fraction of sp³-hybridized carbons (Fsp3) is 0.625. The van der Waals surface area contributed by atoms with Gasteiger partial charge in [0, 0.05) is 0 Å². The Balaban J connectivity index is 2.48. The third kappa shape index (κ3) is 2.81. The molecule has 0 aromatic carbocycles. The van der Waals surface area contributed by atoms with Crippen LogP contribution >= 0.6 is 0 Å². The van der Waals surface area contributed by atoms with Crippen molar-refractivity contribution in [3.05, 3.63) is 5.82 Å². The predicted molar refractivity (Wildman–Crippen MR) is 50.5 cm³/mol. The van der Waals surface area contributed by atoms with E-state index in [0.29, 0.717) is 12.2 Å². The number of carbonyl (C=O) groups excluding carboxylic acids is 1. The van der Waals surface area contributed by atoms with Crippen LogP contribution in [-0.4, -0.2) is 22.1 Å². The fourth-order valence-corrected chi connectivity index (χ4v) is 0.988. The summed E-state index contributed by atoms with van der Waals surface area (Å²) in [5, 5.41) is 5.98. The molecule has 0 spiro atoms. The number of nitrogens with zero attached hydrogens (tertiary/aromatic N) is 2. The molecule has 1 atom stereocenters. The number of carbonyl (C=O) groups is 1. The first-order valence-corrected chi connectivity index (χ1v) is 4.50. The summed E-state index contributed by atoms with van der Waals surface area (Å²) in [6, 6.07) is -0.425. The molecule has 6 heteroatoms. The first-order chi connectivity index (χ1) is 6.63. The van der Waals surface area contributed by atoms with Crippen molar-refractivity contribution in [2.75, 3.05) is 5.32 Å². The van der Waals surface area contributed by atoms with Gasteiger partial charge in [-0.25, -0.2) is 0 Å². The van der Waals surface area contributed by atoms with E-state index in [0.717, 1.165) is 6.42 Å². The maximum atomic E-state index is 11.3. The second kappa shape index (κ2) is 4.71. The lowest BCUT2D eigenvalue weighted by atomic mass is 10.2. The highest BCUT2D eigenvalue weighted by Gasteiger charge is 2.14. The average molecular weight is 198 g/mol. The zero-order chi connectivity index (χ0) is 10.6. The van der Waals surface area contributed by atoms with E-state index >= 15 is 0 Å². The van der Waals surface area contributed by atoms with Crippen molar-refractivity contribution in [2.24, 2.45) is 5.73 Å². The fourth-order valence-electron chi connectivity index (χ4n) is 0.988. The normalized spacial score (nSPS) is 12.5. The molecule has 1 amide bonds. The van der Waals surface area contributed by atoms with Crippen molar-refractivity contribution >= 4 is 11.9 Å². The van der Waals surface area contributed by atoms with Crippen molar-refractivity contribution in [3.63, 3.8) is 0 Å². The Labute approximate surface area is 81.9 Å². The summed E-state index contributed by atoms with van der Waals surface area (Å²) in [5.74, 6) is 0.180. The number of nitrogens with one attached hydrogen (secondary N) is 1. The molecule has 0 aliphatic rings. The highest BCUT2D eigenvalue weighted by molar-refractivity contribution is 5.92. The summed E-state index contributed by atoms with van der Waals surface area (Å²) in [7, 11) is 0. The molecule has 0 saturated carbocycles. The monoisotopic (exact) mass is 198 g/mol. The summed E-state index contributed by atoms with van der Waals surface area (Å²) in [6.07, 6.45) is 1.50. The zero-order valence-corrected chi connectivity index (χ0v) is 8.28. The van der Waals surface area contributed by atoms with Gasteiger partial charge in [0.05, 0.1) is 6.04 Å². The largest absolute Gasteiger partial charge is 0.328 e. The second-order valence-corrected chi connectivity index (χ2v) is 3.03. The minimum atomic E-state index is -0.521. The number of hydrogen-bond acceptors (Lipinski definition) is 5. The maximum Gasteiger partial charge on any atom is 0.328 e. The molecule has 0 aliphatic carbocycles. The smallest absolute Gasteiger partial charge is 0.320 e. The second-order valence-electron chi connectivity index (χ2n) is 3.03. The van der Waals surface area contributed by atoms with Gasteiger partial charge >= 0.3 is 6.01 Å². The number of hydrogen-bond donors (Lipinski definition) is 2. The number of amides is 1. The number of nitrogens with two attached hydrogens (primary N) is 1. The Morgan fingerprint density at radius 1 is 1.71 bits per heavy atom. The van der Waals surface area contributed by atoms with Crippen LogP contribution in [0.15, 0.2) is 4.52 Å². The van der Waals surface area contributed by atoms with Crippen LogP contribution in [0.25, 0.3) is 0 Å². The summed E-state index contributed by atoms with van der Waals surface area (Å²) in [4.78, 5) is 15.2. The third-order valence-electron chi connectivity index (χ3n) is 1.69. The molecule has 1 aromatic rings. The molecule has 0 aliphatic heterocycles. The van der Waals surface area contributed by atoms with E-state index in [1.807, 2.05) is 6.92 Å². The van der Waals surface area contributed by atoms with E-state index in [-0.39, 0.29) is 11.9 Å². The van der Waals surface area contributed by atoms with E-state index < -0.39 is 6.04 Å². The molecule has 14 heavy (non-hydrogen) atoms. The van der Waals surface area contributed by atoms with E-state index in [1.165, 1.54) is 0 Å². The number of aromatic nitrogens is 2. The van der Waals surface area contributed by atoms with Gasteiger partial charge in [0.1, 0.15) is 0 Å². The Kier molecular flexibility index (Phi) is 3.58. The Morgan fingerprint density at radius 3 is 2.93 bits per heavy atom. The van der Waals surface area contributed by atoms with Crippen LogP contribution in [0, 0.1) is 6.92 Å². The van der Waals surface area contributed by atoms with Crippen molar-refractivity contribution < 1.29 is 9.32 Å². The van der Waals surface area contributed by atoms with Crippen LogP contribution < -0.4 is 11.1 Å². The lowest BCUT2D eigenvalue weighted by Crippen LogP contribution is -2.35. The van der Waals surface area contributed by atoms with Gasteiger partial charge < -0.3 is 10.3 Å². The van der Waals surface area contributed by atoms with E-state index in [4.69, 9.17) is 10.3 Å². The standard InChI is InChI=1S/C8H14N4O2/c1-3-4-6(9)7(13)11-8-10-5(2)12-14-8/h6H,3-4,9H2,1-2H3,(H,10,11,12,13)/t6-/m0/s1. The highest BCUT2D eigenvalue weighted by atomic mass is 16.5. The third-order valence-corrected chi connectivity index (χ3v) is 1.69. The lowest BCUT2D eigenvalue weighted by Gasteiger charge is -2.07. The minimum absolute atomic E-state index is 0.0963. The van der Waals surface area contributed by atoms with Crippen LogP contribution in [0.2, 0.25) is 0 Å². The Morgan fingerprint density at radius 2 is 2.43 bits per heavy atom. The van der Waals surface area contributed by atoms with E-state index in [2.05, 4.69) is 15.5 Å². The molecule has 1 aromatic heterocycles. The molecule has 1 rings (SSSR count). The number of rotatable bonds is 4. The molecule has 0 radical (unpaired) electrons. The molecular weight excluding hydrogens is 184 g/mol. The van der Waals surface area contributed by atoms with Gasteiger partial charge in [-0.1, -0.05) is 18.5 Å². The van der Waals surface area contributed by atoms with E-state index in [9.17, 15) is 4.79 Å². The van der Waals surface area contributed by atoms with Crippen molar-refractivity contribution in [2.45, 2.75) is 32.7 Å². The van der Waals surface area contributed by atoms with E-state index in [1.54, 1.807) is 6.92 Å². The molecule has 0 fully saturated rings. The number of aryl methyl sites for hydroxylation is 1. The van der Waals surface area contributed by atoms with Crippen LogP contribution in [0.3, 0.4) is 0 Å². The molecule has 0 unspecified atom stereocenters. The van der Waals surface area contributed by atoms with Crippen molar-refractivity contribution in [1.29, 1.82) is 0 Å². The molecule has 1 heterocycles. The quantitative estimate of drug-likeness (QED) is 0.732. The molecule has 6 nitrogen and oxygen atoms in total. The molecule has 0 saturated heterocycles. The van der Waals surface area contributed by atoms with Gasteiger partial charge in [-0.05, 0) is 13.3 Å². The molecular formula is C8H14N4O2. The van der Waals surface area contributed by atoms with Gasteiger partial charge in [0.2, 0.25) is 5.91 Å². The van der Waals surface area contributed by atoms with Gasteiger partial charge in [0.25, 0.3) is 0 Å². The molecule has 78 valence electrons. The average Bonchev–Trinajstić information content (AvgIpc) is 2.51. The van der Waals surface area contributed by atoms with Crippen LogP contribution in [0.5, 0.6) is 0 Å². The Bertz CT molecular complexity index is 310.